The van der Waals surface area contributed by atoms with E-state index in [0.29, 0.717) is 13.0 Å². The van der Waals surface area contributed by atoms with Gasteiger partial charge in [0.05, 0.1) is 12.5 Å². The summed E-state index contributed by atoms with van der Waals surface area (Å²) < 4.78 is 0. The minimum absolute atomic E-state index is 0.477. The molecule has 0 N–H and O–H groups in total. The highest BCUT2D eigenvalue weighted by Crippen LogP contribution is 2.25. The predicted molar refractivity (Wildman–Crippen MR) is 72.7 cm³/mol. The van der Waals surface area contributed by atoms with E-state index < -0.39 is 0 Å². The maximum atomic E-state index is 8.78. The molecule has 90 valence electrons. The molecule has 0 unspecified atom stereocenters. The van der Waals surface area contributed by atoms with Crippen molar-refractivity contribution in [1.82, 2.24) is 4.98 Å². The van der Waals surface area contributed by atoms with Gasteiger partial charge in [0.1, 0.15) is 5.82 Å². The fourth-order valence-electron chi connectivity index (χ4n) is 1.89. The number of anilines is 2. The summed E-state index contributed by atoms with van der Waals surface area (Å²) in [5.74, 6) is 0.916. The van der Waals surface area contributed by atoms with Crippen molar-refractivity contribution in [3.8, 4) is 6.07 Å². The first kappa shape index (κ1) is 12.1. The maximum Gasteiger partial charge on any atom is 0.135 e. The van der Waals surface area contributed by atoms with E-state index in [2.05, 4.69) is 16.0 Å². The van der Waals surface area contributed by atoms with Gasteiger partial charge in [0.15, 0.2) is 0 Å². The molecule has 0 saturated carbocycles. The number of benzene rings is 1. The topological polar surface area (TPSA) is 39.9 Å². The van der Waals surface area contributed by atoms with Crippen LogP contribution in [0.5, 0.6) is 0 Å². The van der Waals surface area contributed by atoms with Crippen LogP contribution in [0.2, 0.25) is 0 Å². The molecule has 1 aromatic carbocycles. The zero-order chi connectivity index (χ0) is 12.8. The molecule has 0 fully saturated rings. The average Bonchev–Trinajstić information content (AvgIpc) is 2.42. The number of para-hydroxylation sites is 1. The molecule has 0 saturated heterocycles. The second-order valence-electron chi connectivity index (χ2n) is 4.04. The van der Waals surface area contributed by atoms with Crippen molar-refractivity contribution in [2.45, 2.75) is 13.3 Å². The molecule has 0 amide bonds. The molecule has 0 aliphatic carbocycles. The Morgan fingerprint density at radius 2 is 1.94 bits per heavy atom. The molecule has 1 aromatic heterocycles. The standard InChI is InChI=1S/C15H15N3/c1-13-7-5-11-17-15(13)18(12-6-10-16)14-8-3-2-4-9-14/h2-5,7-9,11H,6,12H2,1H3. The molecule has 1 heterocycles. The van der Waals surface area contributed by atoms with Crippen molar-refractivity contribution < 1.29 is 0 Å². The lowest BCUT2D eigenvalue weighted by molar-refractivity contribution is 0.920. The number of hydrogen-bond acceptors (Lipinski definition) is 3. The van der Waals surface area contributed by atoms with Crippen molar-refractivity contribution in [2.75, 3.05) is 11.4 Å². The Morgan fingerprint density at radius 3 is 2.61 bits per heavy atom. The van der Waals surface area contributed by atoms with Gasteiger partial charge >= 0.3 is 0 Å². The van der Waals surface area contributed by atoms with E-state index in [-0.39, 0.29) is 0 Å². The SMILES string of the molecule is Cc1cccnc1N(CCC#N)c1ccccc1. The average molecular weight is 237 g/mol. The third-order valence-electron chi connectivity index (χ3n) is 2.75. The van der Waals surface area contributed by atoms with Gasteiger partial charge in [-0.05, 0) is 30.7 Å². The van der Waals surface area contributed by atoms with E-state index >= 15 is 0 Å². The van der Waals surface area contributed by atoms with Gasteiger partial charge in [0, 0.05) is 18.4 Å². The lowest BCUT2D eigenvalue weighted by Crippen LogP contribution is -2.20. The van der Waals surface area contributed by atoms with Gasteiger partial charge in [0.2, 0.25) is 0 Å². The zero-order valence-corrected chi connectivity index (χ0v) is 10.4. The second-order valence-corrected chi connectivity index (χ2v) is 4.04. The van der Waals surface area contributed by atoms with Gasteiger partial charge in [-0.15, -0.1) is 0 Å². The second kappa shape index (κ2) is 5.83. The van der Waals surface area contributed by atoms with Crippen LogP contribution in [-0.4, -0.2) is 11.5 Å². The summed E-state index contributed by atoms with van der Waals surface area (Å²) in [7, 11) is 0. The van der Waals surface area contributed by atoms with E-state index in [1.165, 1.54) is 0 Å². The number of rotatable bonds is 4. The van der Waals surface area contributed by atoms with E-state index in [9.17, 15) is 0 Å². The monoisotopic (exact) mass is 237 g/mol. The van der Waals surface area contributed by atoms with Crippen molar-refractivity contribution in [2.24, 2.45) is 0 Å². The van der Waals surface area contributed by atoms with Crippen LogP contribution in [-0.2, 0) is 0 Å². The van der Waals surface area contributed by atoms with Gasteiger partial charge in [-0.25, -0.2) is 4.98 Å². The van der Waals surface area contributed by atoms with Crippen LogP contribution in [0.15, 0.2) is 48.7 Å². The minimum atomic E-state index is 0.477. The Morgan fingerprint density at radius 1 is 1.17 bits per heavy atom. The molecule has 3 heteroatoms. The van der Waals surface area contributed by atoms with Crippen LogP contribution in [0.3, 0.4) is 0 Å². The molecule has 3 nitrogen and oxygen atoms in total. The highest BCUT2D eigenvalue weighted by atomic mass is 15.2. The van der Waals surface area contributed by atoms with Crippen molar-refractivity contribution >= 4 is 11.5 Å². The van der Waals surface area contributed by atoms with Gasteiger partial charge in [-0.3, -0.25) is 0 Å². The third-order valence-corrected chi connectivity index (χ3v) is 2.75. The molecule has 0 atom stereocenters. The molecule has 2 rings (SSSR count). The highest BCUT2D eigenvalue weighted by Gasteiger charge is 2.11. The summed E-state index contributed by atoms with van der Waals surface area (Å²) in [4.78, 5) is 6.51. The van der Waals surface area contributed by atoms with Crippen LogP contribution >= 0.6 is 0 Å². The zero-order valence-electron chi connectivity index (χ0n) is 10.4. The number of aryl methyl sites for hydroxylation is 1. The minimum Gasteiger partial charge on any atom is -0.325 e. The van der Waals surface area contributed by atoms with Crippen LogP contribution in [0.1, 0.15) is 12.0 Å². The number of nitriles is 1. The Labute approximate surface area is 107 Å². The smallest absolute Gasteiger partial charge is 0.135 e. The first-order chi connectivity index (χ1) is 8.83. The molecular formula is C15H15N3. The fourth-order valence-corrected chi connectivity index (χ4v) is 1.89. The molecular weight excluding hydrogens is 222 g/mol. The Bertz CT molecular complexity index is 543. The summed E-state index contributed by atoms with van der Waals surface area (Å²) in [6.45, 7) is 2.68. The summed E-state index contributed by atoms with van der Waals surface area (Å²) in [5, 5.41) is 8.78. The van der Waals surface area contributed by atoms with Gasteiger partial charge in [0.25, 0.3) is 0 Å². The summed E-state index contributed by atoms with van der Waals surface area (Å²) in [6, 6.07) is 16.2. The van der Waals surface area contributed by atoms with Crippen molar-refractivity contribution in [1.29, 1.82) is 5.26 Å². The summed E-state index contributed by atoms with van der Waals surface area (Å²) in [5.41, 5.74) is 2.17. The largest absolute Gasteiger partial charge is 0.325 e. The number of pyridine rings is 1. The van der Waals surface area contributed by atoms with Gasteiger partial charge in [-0.2, -0.15) is 5.26 Å². The van der Waals surface area contributed by atoms with Crippen molar-refractivity contribution in [3.63, 3.8) is 0 Å². The quantitative estimate of drug-likeness (QED) is 0.817. The number of hydrogen-bond donors (Lipinski definition) is 0. The number of nitrogens with zero attached hydrogens (tertiary/aromatic N) is 3. The molecule has 0 aliphatic rings. The normalized spacial score (nSPS) is 9.78. The molecule has 0 bridgehead atoms. The first-order valence-electron chi connectivity index (χ1n) is 5.94. The summed E-state index contributed by atoms with van der Waals surface area (Å²) >= 11 is 0. The Kier molecular flexibility index (Phi) is 3.93. The molecule has 2 aromatic rings. The van der Waals surface area contributed by atoms with Crippen LogP contribution in [0, 0.1) is 18.3 Å². The van der Waals surface area contributed by atoms with Crippen LogP contribution < -0.4 is 4.90 Å². The fraction of sp³-hybridized carbons (Fsp3) is 0.200. The van der Waals surface area contributed by atoms with E-state index in [0.717, 1.165) is 17.1 Å². The van der Waals surface area contributed by atoms with Crippen LogP contribution in [0.4, 0.5) is 11.5 Å². The summed E-state index contributed by atoms with van der Waals surface area (Å²) in [6.07, 6.45) is 2.26. The highest BCUT2D eigenvalue weighted by molar-refractivity contribution is 5.62. The number of aromatic nitrogens is 1. The molecule has 0 spiro atoms. The lowest BCUT2D eigenvalue weighted by atomic mass is 10.2. The third kappa shape index (κ3) is 2.67. The predicted octanol–water partition coefficient (Wildman–Crippen LogP) is 3.44. The first-order valence-corrected chi connectivity index (χ1v) is 5.94. The van der Waals surface area contributed by atoms with E-state index in [1.807, 2.05) is 49.4 Å². The molecule has 0 aliphatic heterocycles. The van der Waals surface area contributed by atoms with E-state index in [4.69, 9.17) is 5.26 Å². The maximum absolute atomic E-state index is 8.78. The van der Waals surface area contributed by atoms with E-state index in [1.54, 1.807) is 6.20 Å². The molecule has 18 heavy (non-hydrogen) atoms. The Balaban J connectivity index is 2.38. The molecule has 0 radical (unpaired) electrons. The van der Waals surface area contributed by atoms with Crippen LogP contribution in [0.25, 0.3) is 0 Å². The Hall–Kier alpha value is -2.34. The van der Waals surface area contributed by atoms with Crippen molar-refractivity contribution in [3.05, 3.63) is 54.2 Å². The van der Waals surface area contributed by atoms with Gasteiger partial charge in [-0.1, -0.05) is 24.3 Å². The lowest BCUT2D eigenvalue weighted by Gasteiger charge is -2.24. The van der Waals surface area contributed by atoms with Gasteiger partial charge < -0.3 is 4.90 Å².